The number of fused-ring (bicyclic) bond motifs is 1. The van der Waals surface area contributed by atoms with Crippen LogP contribution in [0.5, 0.6) is 0 Å². The third-order valence-electron chi connectivity index (χ3n) is 4.06. The molecule has 2 atom stereocenters. The zero-order valence-corrected chi connectivity index (χ0v) is 12.8. The van der Waals surface area contributed by atoms with Gasteiger partial charge >= 0.3 is 5.97 Å². The van der Waals surface area contributed by atoms with Crippen molar-refractivity contribution in [2.24, 2.45) is 0 Å². The molecule has 2 fully saturated rings. The SMILES string of the molecule is C[C@@]12CCC(=O)N1[C@H](C(=O)NCc1ccc(C(=O)O)o1)CS2. The number of carbonyl (C=O) groups is 3. The van der Waals surface area contributed by atoms with E-state index in [1.54, 1.807) is 16.7 Å². The molecule has 2 saturated heterocycles. The highest BCUT2D eigenvalue weighted by Gasteiger charge is 2.52. The molecule has 2 aliphatic rings. The number of hydrogen-bond donors (Lipinski definition) is 2. The van der Waals surface area contributed by atoms with E-state index in [2.05, 4.69) is 5.32 Å². The van der Waals surface area contributed by atoms with E-state index in [4.69, 9.17) is 9.52 Å². The molecule has 3 rings (SSSR count). The third-order valence-corrected chi connectivity index (χ3v) is 5.56. The largest absolute Gasteiger partial charge is 0.475 e. The van der Waals surface area contributed by atoms with Crippen molar-refractivity contribution < 1.29 is 23.9 Å². The van der Waals surface area contributed by atoms with Crippen LogP contribution in [0.1, 0.15) is 36.1 Å². The van der Waals surface area contributed by atoms with Crippen LogP contribution < -0.4 is 5.32 Å². The number of hydrogen-bond acceptors (Lipinski definition) is 5. The van der Waals surface area contributed by atoms with Crippen LogP contribution in [0.25, 0.3) is 0 Å². The number of aromatic carboxylic acids is 1. The summed E-state index contributed by atoms with van der Waals surface area (Å²) in [5, 5.41) is 11.5. The Morgan fingerprint density at radius 1 is 1.55 bits per heavy atom. The highest BCUT2D eigenvalue weighted by Crippen LogP contribution is 2.47. The van der Waals surface area contributed by atoms with Gasteiger partial charge in [0.2, 0.25) is 17.6 Å². The summed E-state index contributed by atoms with van der Waals surface area (Å²) in [5.74, 6) is -0.594. The van der Waals surface area contributed by atoms with Crippen LogP contribution in [0.3, 0.4) is 0 Å². The summed E-state index contributed by atoms with van der Waals surface area (Å²) in [6, 6.07) is 2.38. The average molecular weight is 324 g/mol. The average Bonchev–Trinajstić information content (AvgIpc) is 3.13. The minimum absolute atomic E-state index is 0.0128. The zero-order valence-electron chi connectivity index (χ0n) is 12.0. The second-order valence-corrected chi connectivity index (χ2v) is 7.06. The normalized spacial score (nSPS) is 27.0. The Bertz CT molecular complexity index is 643. The summed E-state index contributed by atoms with van der Waals surface area (Å²) in [6.07, 6.45) is 1.24. The first-order valence-electron chi connectivity index (χ1n) is 6.96. The number of carboxylic acid groups (broad SMARTS) is 1. The molecule has 1 aromatic rings. The summed E-state index contributed by atoms with van der Waals surface area (Å²) in [4.78, 5) is 36.4. The van der Waals surface area contributed by atoms with E-state index >= 15 is 0 Å². The maximum absolute atomic E-state index is 12.3. The molecule has 3 heterocycles. The molecule has 7 nitrogen and oxygen atoms in total. The predicted molar refractivity (Wildman–Crippen MR) is 78.2 cm³/mol. The lowest BCUT2D eigenvalue weighted by molar-refractivity contribution is -0.138. The van der Waals surface area contributed by atoms with Gasteiger partial charge in [-0.15, -0.1) is 11.8 Å². The molecule has 22 heavy (non-hydrogen) atoms. The van der Waals surface area contributed by atoms with Gasteiger partial charge in [-0.05, 0) is 25.5 Å². The van der Waals surface area contributed by atoms with Crippen LogP contribution in [0.4, 0.5) is 0 Å². The summed E-state index contributed by atoms with van der Waals surface area (Å²) >= 11 is 1.63. The molecule has 0 bridgehead atoms. The highest BCUT2D eigenvalue weighted by molar-refractivity contribution is 8.01. The number of thioether (sulfide) groups is 1. The van der Waals surface area contributed by atoms with Gasteiger partial charge in [-0.1, -0.05) is 0 Å². The molecule has 0 spiro atoms. The van der Waals surface area contributed by atoms with Gasteiger partial charge in [0.1, 0.15) is 11.8 Å². The standard InChI is InChI=1S/C14H16N2O5S/c1-14-5-4-11(17)16(14)9(7-22-14)12(18)15-6-8-2-3-10(21-8)13(19)20/h2-3,9H,4-7H2,1H3,(H,15,18)(H,19,20)/t9-,14+/m0/s1. The quantitative estimate of drug-likeness (QED) is 0.858. The van der Waals surface area contributed by atoms with Crippen molar-refractivity contribution >= 4 is 29.5 Å². The Labute approximate surface area is 131 Å². The maximum atomic E-state index is 12.3. The van der Waals surface area contributed by atoms with Crippen LogP contribution in [-0.4, -0.2) is 44.5 Å². The summed E-state index contributed by atoms with van der Waals surface area (Å²) < 4.78 is 5.09. The Morgan fingerprint density at radius 2 is 2.32 bits per heavy atom. The minimum Gasteiger partial charge on any atom is -0.475 e. The van der Waals surface area contributed by atoms with Gasteiger partial charge in [0.15, 0.2) is 0 Å². The lowest BCUT2D eigenvalue weighted by Crippen LogP contribution is -2.49. The van der Waals surface area contributed by atoms with Crippen molar-refractivity contribution in [2.75, 3.05) is 5.75 Å². The molecule has 2 amide bonds. The van der Waals surface area contributed by atoms with Crippen molar-refractivity contribution in [2.45, 2.75) is 37.2 Å². The van der Waals surface area contributed by atoms with Gasteiger partial charge in [-0.2, -0.15) is 0 Å². The van der Waals surface area contributed by atoms with E-state index < -0.39 is 12.0 Å². The van der Waals surface area contributed by atoms with E-state index in [1.165, 1.54) is 12.1 Å². The van der Waals surface area contributed by atoms with Crippen LogP contribution in [-0.2, 0) is 16.1 Å². The van der Waals surface area contributed by atoms with Gasteiger partial charge < -0.3 is 19.7 Å². The number of amides is 2. The number of carboxylic acids is 1. The summed E-state index contributed by atoms with van der Waals surface area (Å²) in [5.41, 5.74) is 0. The first-order chi connectivity index (χ1) is 10.4. The molecule has 0 radical (unpaired) electrons. The molecule has 118 valence electrons. The van der Waals surface area contributed by atoms with E-state index in [-0.39, 0.29) is 29.0 Å². The molecule has 0 unspecified atom stereocenters. The van der Waals surface area contributed by atoms with E-state index in [9.17, 15) is 14.4 Å². The zero-order chi connectivity index (χ0) is 15.9. The van der Waals surface area contributed by atoms with Crippen LogP contribution >= 0.6 is 11.8 Å². The predicted octanol–water partition coefficient (Wildman–Crippen LogP) is 1.05. The molecule has 0 aromatic carbocycles. The minimum atomic E-state index is -1.15. The van der Waals surface area contributed by atoms with Crippen molar-refractivity contribution in [3.05, 3.63) is 23.7 Å². The van der Waals surface area contributed by atoms with E-state index in [0.717, 1.165) is 6.42 Å². The highest BCUT2D eigenvalue weighted by atomic mass is 32.2. The van der Waals surface area contributed by atoms with E-state index in [1.807, 2.05) is 6.92 Å². The second kappa shape index (κ2) is 5.35. The fourth-order valence-electron chi connectivity index (χ4n) is 2.89. The van der Waals surface area contributed by atoms with Gasteiger partial charge in [0, 0.05) is 12.2 Å². The van der Waals surface area contributed by atoms with Gasteiger partial charge in [0.25, 0.3) is 0 Å². The smallest absolute Gasteiger partial charge is 0.371 e. The lowest BCUT2D eigenvalue weighted by atomic mass is 10.2. The summed E-state index contributed by atoms with van der Waals surface area (Å²) in [7, 11) is 0. The number of nitrogens with one attached hydrogen (secondary N) is 1. The number of rotatable bonds is 4. The molecule has 8 heteroatoms. The number of carbonyl (C=O) groups excluding carboxylic acids is 2. The molecule has 2 aliphatic heterocycles. The van der Waals surface area contributed by atoms with Crippen molar-refractivity contribution in [1.29, 1.82) is 0 Å². The van der Waals surface area contributed by atoms with Crippen molar-refractivity contribution in [1.82, 2.24) is 10.2 Å². The third kappa shape index (κ3) is 2.47. The topological polar surface area (TPSA) is 99.9 Å². The first-order valence-corrected chi connectivity index (χ1v) is 7.95. The maximum Gasteiger partial charge on any atom is 0.371 e. The monoisotopic (exact) mass is 324 g/mol. The fourth-order valence-corrected chi connectivity index (χ4v) is 4.33. The summed E-state index contributed by atoms with van der Waals surface area (Å²) in [6.45, 7) is 2.09. The van der Waals surface area contributed by atoms with Crippen LogP contribution in [0, 0.1) is 0 Å². The second-order valence-electron chi connectivity index (χ2n) is 5.55. The van der Waals surface area contributed by atoms with Gasteiger partial charge in [-0.25, -0.2) is 4.79 Å². The molecular formula is C14H16N2O5S. The number of furan rings is 1. The Hall–Kier alpha value is -1.96. The Morgan fingerprint density at radius 3 is 3.00 bits per heavy atom. The van der Waals surface area contributed by atoms with Crippen LogP contribution in [0.15, 0.2) is 16.5 Å². The van der Waals surface area contributed by atoms with Crippen molar-refractivity contribution in [3.63, 3.8) is 0 Å². The van der Waals surface area contributed by atoms with E-state index in [0.29, 0.717) is 17.9 Å². The van der Waals surface area contributed by atoms with Gasteiger partial charge in [0.05, 0.1) is 11.4 Å². The molecule has 2 N–H and O–H groups in total. The van der Waals surface area contributed by atoms with Gasteiger partial charge in [-0.3, -0.25) is 9.59 Å². The Balaban J connectivity index is 1.62. The van der Waals surface area contributed by atoms with Crippen molar-refractivity contribution in [3.8, 4) is 0 Å². The molecule has 1 aromatic heterocycles. The fraction of sp³-hybridized carbons (Fsp3) is 0.500. The van der Waals surface area contributed by atoms with Crippen LogP contribution in [0.2, 0.25) is 0 Å². The molecular weight excluding hydrogens is 308 g/mol. The Kier molecular flexibility index (Phi) is 3.64. The molecule has 0 saturated carbocycles. The first kappa shape index (κ1) is 15.0. The lowest BCUT2D eigenvalue weighted by Gasteiger charge is -2.29. The number of nitrogens with zero attached hydrogens (tertiary/aromatic N) is 1. The molecule has 0 aliphatic carbocycles.